The van der Waals surface area contributed by atoms with Crippen molar-refractivity contribution in [2.24, 2.45) is 0 Å². The molecule has 21 heavy (non-hydrogen) atoms. The maximum Gasteiger partial charge on any atom is 0.239 e. The molecule has 1 amide bonds. The molecule has 1 aromatic carbocycles. The van der Waals surface area contributed by atoms with Crippen molar-refractivity contribution in [1.29, 1.82) is 0 Å². The summed E-state index contributed by atoms with van der Waals surface area (Å²) in [5.74, 6) is -0.300. The van der Waals surface area contributed by atoms with E-state index in [1.54, 1.807) is 13.1 Å². The molecule has 0 heterocycles. The number of carbonyl (C=O) groups is 1. The summed E-state index contributed by atoms with van der Waals surface area (Å²) >= 11 is 0. The number of benzene rings is 1. The number of likely N-dealkylation sites (N-methyl/N-ethyl adjacent to an activating group) is 1. The van der Waals surface area contributed by atoms with Crippen LogP contribution in [0.25, 0.3) is 0 Å². The molecule has 0 radical (unpaired) electrons. The van der Waals surface area contributed by atoms with Crippen molar-refractivity contribution >= 4 is 11.6 Å². The van der Waals surface area contributed by atoms with Gasteiger partial charge in [-0.05, 0) is 30.2 Å². The van der Waals surface area contributed by atoms with Gasteiger partial charge >= 0.3 is 0 Å². The van der Waals surface area contributed by atoms with Gasteiger partial charge in [-0.3, -0.25) is 4.79 Å². The van der Waals surface area contributed by atoms with E-state index in [0.717, 1.165) is 24.2 Å². The molecule has 0 saturated carbocycles. The van der Waals surface area contributed by atoms with Gasteiger partial charge in [0.1, 0.15) is 5.82 Å². The first-order valence-electron chi connectivity index (χ1n) is 7.45. The summed E-state index contributed by atoms with van der Waals surface area (Å²) < 4.78 is 13.5. The summed E-state index contributed by atoms with van der Waals surface area (Å²) in [6, 6.07) is 5.06. The van der Waals surface area contributed by atoms with Crippen LogP contribution in [0.3, 0.4) is 0 Å². The smallest absolute Gasteiger partial charge is 0.239 e. The summed E-state index contributed by atoms with van der Waals surface area (Å²) in [6.45, 7) is 7.78. The van der Waals surface area contributed by atoms with Crippen molar-refractivity contribution in [3.63, 3.8) is 0 Å². The molecule has 0 aliphatic rings. The van der Waals surface area contributed by atoms with Crippen LogP contribution >= 0.6 is 0 Å². The van der Waals surface area contributed by atoms with E-state index < -0.39 is 0 Å². The monoisotopic (exact) mass is 295 g/mol. The van der Waals surface area contributed by atoms with E-state index in [2.05, 4.69) is 17.6 Å². The molecule has 0 spiro atoms. The van der Waals surface area contributed by atoms with Crippen LogP contribution in [0.4, 0.5) is 10.1 Å². The van der Waals surface area contributed by atoms with E-state index in [9.17, 15) is 9.18 Å². The minimum atomic E-state index is -0.254. The minimum absolute atomic E-state index is 0.0458. The standard InChI is InChI=1S/C16H26FN3O/c1-5-8-20(11-16(21)18-4)15-7-6-14(17)9-13(15)10-19-12(2)3/h6-7,9,12,19H,5,8,10-11H2,1-4H3,(H,18,21). The molecule has 118 valence electrons. The van der Waals surface area contributed by atoms with Gasteiger partial charge in [0.15, 0.2) is 0 Å². The van der Waals surface area contributed by atoms with Gasteiger partial charge in [0.25, 0.3) is 0 Å². The van der Waals surface area contributed by atoms with Crippen molar-refractivity contribution < 1.29 is 9.18 Å². The third-order valence-corrected chi connectivity index (χ3v) is 3.19. The van der Waals surface area contributed by atoms with Crippen LogP contribution in [0.15, 0.2) is 18.2 Å². The van der Waals surface area contributed by atoms with Crippen LogP contribution in [0.5, 0.6) is 0 Å². The van der Waals surface area contributed by atoms with Gasteiger partial charge in [0.2, 0.25) is 5.91 Å². The number of anilines is 1. The molecule has 0 saturated heterocycles. The third kappa shape index (κ3) is 5.71. The predicted octanol–water partition coefficient (Wildman–Crippen LogP) is 2.29. The molecule has 0 aliphatic carbocycles. The summed E-state index contributed by atoms with van der Waals surface area (Å²) in [6.07, 6.45) is 0.922. The first kappa shape index (κ1) is 17.4. The second-order valence-electron chi connectivity index (χ2n) is 5.40. The van der Waals surface area contributed by atoms with Crippen LogP contribution in [0, 0.1) is 5.82 Å². The molecule has 1 rings (SSSR count). The highest BCUT2D eigenvalue weighted by Crippen LogP contribution is 2.22. The fourth-order valence-corrected chi connectivity index (χ4v) is 2.13. The Kier molecular flexibility index (Phi) is 7.15. The van der Waals surface area contributed by atoms with Gasteiger partial charge in [0, 0.05) is 31.9 Å². The predicted molar refractivity (Wildman–Crippen MR) is 84.9 cm³/mol. The van der Waals surface area contributed by atoms with Crippen LogP contribution in [-0.2, 0) is 11.3 Å². The van der Waals surface area contributed by atoms with E-state index in [1.807, 2.05) is 18.7 Å². The Morgan fingerprint density at radius 3 is 2.67 bits per heavy atom. The van der Waals surface area contributed by atoms with Gasteiger partial charge < -0.3 is 15.5 Å². The molecular formula is C16H26FN3O. The Morgan fingerprint density at radius 2 is 2.10 bits per heavy atom. The maximum atomic E-state index is 13.5. The zero-order valence-electron chi connectivity index (χ0n) is 13.4. The molecule has 0 bridgehead atoms. The normalized spacial score (nSPS) is 10.8. The van der Waals surface area contributed by atoms with E-state index in [4.69, 9.17) is 0 Å². The topological polar surface area (TPSA) is 44.4 Å². The van der Waals surface area contributed by atoms with E-state index in [1.165, 1.54) is 12.1 Å². The molecule has 4 nitrogen and oxygen atoms in total. The van der Waals surface area contributed by atoms with Crippen molar-refractivity contribution in [3.05, 3.63) is 29.6 Å². The van der Waals surface area contributed by atoms with Crippen molar-refractivity contribution in [3.8, 4) is 0 Å². The number of hydrogen-bond donors (Lipinski definition) is 2. The van der Waals surface area contributed by atoms with Crippen LogP contribution in [0.2, 0.25) is 0 Å². The average Bonchev–Trinajstić information content (AvgIpc) is 2.44. The number of nitrogens with zero attached hydrogens (tertiary/aromatic N) is 1. The molecule has 1 aromatic rings. The molecule has 5 heteroatoms. The Hall–Kier alpha value is -1.62. The largest absolute Gasteiger partial charge is 0.362 e. The molecule has 0 fully saturated rings. The lowest BCUT2D eigenvalue weighted by Gasteiger charge is -2.26. The van der Waals surface area contributed by atoms with Crippen molar-refractivity contribution in [2.45, 2.75) is 39.8 Å². The second kappa shape index (κ2) is 8.62. The van der Waals surface area contributed by atoms with E-state index >= 15 is 0 Å². The lowest BCUT2D eigenvalue weighted by molar-refractivity contribution is -0.119. The fourth-order valence-electron chi connectivity index (χ4n) is 2.13. The van der Waals surface area contributed by atoms with Crippen LogP contribution in [-0.4, -0.2) is 32.1 Å². The Morgan fingerprint density at radius 1 is 1.38 bits per heavy atom. The number of amides is 1. The quantitative estimate of drug-likeness (QED) is 0.773. The van der Waals surface area contributed by atoms with E-state index in [-0.39, 0.29) is 18.3 Å². The number of carbonyl (C=O) groups excluding carboxylic acids is 1. The lowest BCUT2D eigenvalue weighted by atomic mass is 10.1. The molecule has 0 atom stereocenters. The Labute approximate surface area is 126 Å². The zero-order valence-corrected chi connectivity index (χ0v) is 13.4. The minimum Gasteiger partial charge on any atom is -0.362 e. The van der Waals surface area contributed by atoms with E-state index in [0.29, 0.717) is 12.6 Å². The summed E-state index contributed by atoms with van der Waals surface area (Å²) in [5.41, 5.74) is 1.79. The molecule has 0 aromatic heterocycles. The molecular weight excluding hydrogens is 269 g/mol. The lowest BCUT2D eigenvalue weighted by Crippen LogP contribution is -2.37. The maximum absolute atomic E-state index is 13.5. The highest BCUT2D eigenvalue weighted by Gasteiger charge is 2.14. The van der Waals surface area contributed by atoms with Gasteiger partial charge in [-0.25, -0.2) is 4.39 Å². The average molecular weight is 295 g/mol. The van der Waals surface area contributed by atoms with Gasteiger partial charge in [0.05, 0.1) is 6.54 Å². The van der Waals surface area contributed by atoms with Crippen LogP contribution < -0.4 is 15.5 Å². The Bertz CT molecular complexity index is 463. The highest BCUT2D eigenvalue weighted by molar-refractivity contribution is 5.81. The summed E-state index contributed by atoms with van der Waals surface area (Å²) in [7, 11) is 1.62. The summed E-state index contributed by atoms with van der Waals surface area (Å²) in [5, 5.41) is 5.93. The first-order valence-corrected chi connectivity index (χ1v) is 7.45. The number of halogens is 1. The zero-order chi connectivity index (χ0) is 15.8. The number of rotatable bonds is 8. The van der Waals surface area contributed by atoms with Gasteiger partial charge in [-0.1, -0.05) is 20.8 Å². The van der Waals surface area contributed by atoms with Gasteiger partial charge in [-0.15, -0.1) is 0 Å². The number of hydrogen-bond acceptors (Lipinski definition) is 3. The van der Waals surface area contributed by atoms with Crippen LogP contribution in [0.1, 0.15) is 32.8 Å². The van der Waals surface area contributed by atoms with Crippen molar-refractivity contribution in [2.75, 3.05) is 25.0 Å². The molecule has 2 N–H and O–H groups in total. The fraction of sp³-hybridized carbons (Fsp3) is 0.562. The van der Waals surface area contributed by atoms with Crippen molar-refractivity contribution in [1.82, 2.24) is 10.6 Å². The first-order chi connectivity index (χ1) is 9.97. The Balaban J connectivity index is 3.01. The molecule has 0 unspecified atom stereocenters. The third-order valence-electron chi connectivity index (χ3n) is 3.19. The van der Waals surface area contributed by atoms with Gasteiger partial charge in [-0.2, -0.15) is 0 Å². The SMILES string of the molecule is CCCN(CC(=O)NC)c1ccc(F)cc1CNC(C)C. The molecule has 0 aliphatic heterocycles. The highest BCUT2D eigenvalue weighted by atomic mass is 19.1. The summed E-state index contributed by atoms with van der Waals surface area (Å²) in [4.78, 5) is 13.7. The number of nitrogens with one attached hydrogen (secondary N) is 2. The second-order valence-corrected chi connectivity index (χ2v) is 5.40.